The van der Waals surface area contributed by atoms with Gasteiger partial charge in [-0.2, -0.15) is 0 Å². The number of carbonyl (C=O) groups excluding carboxylic acids is 1. The van der Waals surface area contributed by atoms with Gasteiger partial charge in [-0.25, -0.2) is 0 Å². The number of aliphatic hydroxyl groups is 1. The second kappa shape index (κ2) is 8.27. The molecule has 0 spiro atoms. The highest BCUT2D eigenvalue weighted by molar-refractivity contribution is 5.85. The highest BCUT2D eigenvalue weighted by atomic mass is 35.5. The lowest BCUT2D eigenvalue weighted by molar-refractivity contribution is -0.108. The number of hydrogen-bond acceptors (Lipinski definition) is 4. The lowest BCUT2D eigenvalue weighted by Gasteiger charge is -2.33. The van der Waals surface area contributed by atoms with Gasteiger partial charge in [0.25, 0.3) is 0 Å². The third-order valence-electron chi connectivity index (χ3n) is 3.16. The van der Waals surface area contributed by atoms with Gasteiger partial charge in [0.1, 0.15) is 12.4 Å². The Morgan fingerprint density at radius 2 is 2.00 bits per heavy atom. The predicted octanol–water partition coefficient (Wildman–Crippen LogP) is 2.23. The highest BCUT2D eigenvalue weighted by Gasteiger charge is 2.35. The molecule has 0 bridgehead atoms. The van der Waals surface area contributed by atoms with Crippen LogP contribution in [0.3, 0.4) is 0 Å². The summed E-state index contributed by atoms with van der Waals surface area (Å²) in [6, 6.07) is 6.75. The maximum atomic E-state index is 10.6. The van der Waals surface area contributed by atoms with Gasteiger partial charge in [-0.1, -0.05) is 44.0 Å². The molecule has 1 aromatic carbocycles. The lowest BCUT2D eigenvalue weighted by atomic mass is 9.93. The zero-order chi connectivity index (χ0) is 13.6. The van der Waals surface area contributed by atoms with Crippen LogP contribution in [0.5, 0.6) is 0 Å². The maximum Gasteiger partial charge on any atom is 0.168 e. The Balaban J connectivity index is 0.00000324. The lowest BCUT2D eigenvalue weighted by Crippen LogP contribution is -2.49. The van der Waals surface area contributed by atoms with E-state index in [4.69, 9.17) is 10.5 Å². The van der Waals surface area contributed by atoms with Crippen molar-refractivity contribution < 1.29 is 14.6 Å². The van der Waals surface area contributed by atoms with E-state index in [0.717, 1.165) is 19.1 Å². The van der Waals surface area contributed by atoms with Crippen molar-refractivity contribution in [1.82, 2.24) is 0 Å². The van der Waals surface area contributed by atoms with Crippen LogP contribution in [-0.4, -0.2) is 24.6 Å². The van der Waals surface area contributed by atoms with Crippen LogP contribution in [0.25, 0.3) is 0 Å². The topological polar surface area (TPSA) is 72.6 Å². The van der Waals surface area contributed by atoms with E-state index >= 15 is 0 Å². The molecule has 2 atom stereocenters. The molecule has 0 aliphatic heterocycles. The molecule has 0 aromatic heterocycles. The number of benzene rings is 1. The van der Waals surface area contributed by atoms with Crippen LogP contribution in [0.2, 0.25) is 0 Å². The van der Waals surface area contributed by atoms with Crippen molar-refractivity contribution in [3.05, 3.63) is 35.4 Å². The minimum Gasteiger partial charge on any atom is -0.388 e. The highest BCUT2D eigenvalue weighted by Crippen LogP contribution is 2.26. The average molecular weight is 288 g/mol. The fourth-order valence-electron chi connectivity index (χ4n) is 1.88. The number of halogens is 1. The molecule has 0 unspecified atom stereocenters. The molecule has 0 amide bonds. The maximum absolute atomic E-state index is 10.6. The molecule has 3 N–H and O–H groups in total. The third-order valence-corrected chi connectivity index (χ3v) is 3.16. The second-order valence-corrected chi connectivity index (χ2v) is 4.40. The average Bonchev–Trinajstić information content (AvgIpc) is 2.43. The van der Waals surface area contributed by atoms with Crippen LogP contribution in [0.15, 0.2) is 24.3 Å². The van der Waals surface area contributed by atoms with Gasteiger partial charge in [0.2, 0.25) is 0 Å². The van der Waals surface area contributed by atoms with E-state index in [1.807, 2.05) is 0 Å². The molecule has 0 fully saturated rings. The van der Waals surface area contributed by atoms with Gasteiger partial charge in [-0.05, 0) is 6.42 Å². The first kappa shape index (κ1) is 18.1. The van der Waals surface area contributed by atoms with E-state index < -0.39 is 11.8 Å². The number of aldehydes is 1. The predicted molar refractivity (Wildman–Crippen MR) is 77.5 cm³/mol. The SMILES string of the molecule is CCCC[C@H](O)[C@@](N)(OC)c1ccc(C=O)cc1.Cl. The van der Waals surface area contributed by atoms with Crippen LogP contribution in [-0.2, 0) is 10.5 Å². The molecule has 1 rings (SSSR count). The molecule has 0 saturated carbocycles. The van der Waals surface area contributed by atoms with Crippen molar-refractivity contribution in [1.29, 1.82) is 0 Å². The number of nitrogens with two attached hydrogens (primary N) is 1. The molecule has 0 heterocycles. The van der Waals surface area contributed by atoms with Crippen LogP contribution in [0.1, 0.15) is 42.1 Å². The summed E-state index contributed by atoms with van der Waals surface area (Å²) in [5.74, 6) is 0. The Bertz CT molecular complexity index is 383. The fraction of sp³-hybridized carbons (Fsp3) is 0.500. The quantitative estimate of drug-likeness (QED) is 0.596. The zero-order valence-electron chi connectivity index (χ0n) is 11.3. The summed E-state index contributed by atoms with van der Waals surface area (Å²) in [6.45, 7) is 2.05. The van der Waals surface area contributed by atoms with Crippen molar-refractivity contribution in [2.75, 3.05) is 7.11 Å². The minimum atomic E-state index is -1.23. The summed E-state index contributed by atoms with van der Waals surface area (Å²) in [5.41, 5.74) is 6.14. The van der Waals surface area contributed by atoms with E-state index in [-0.39, 0.29) is 12.4 Å². The summed E-state index contributed by atoms with van der Waals surface area (Å²) >= 11 is 0. The molecule has 1 aromatic rings. The Hall–Kier alpha value is -0.940. The minimum absolute atomic E-state index is 0. The number of ether oxygens (including phenoxy) is 1. The molecule has 108 valence electrons. The number of rotatable bonds is 7. The van der Waals surface area contributed by atoms with Crippen molar-refractivity contribution >= 4 is 18.7 Å². The summed E-state index contributed by atoms with van der Waals surface area (Å²) in [6.07, 6.45) is 2.44. The normalized spacial score (nSPS) is 15.2. The van der Waals surface area contributed by atoms with E-state index in [0.29, 0.717) is 17.5 Å². The van der Waals surface area contributed by atoms with E-state index in [2.05, 4.69) is 6.92 Å². The van der Waals surface area contributed by atoms with Crippen molar-refractivity contribution in [2.45, 2.75) is 38.0 Å². The monoisotopic (exact) mass is 287 g/mol. The van der Waals surface area contributed by atoms with Crippen LogP contribution in [0.4, 0.5) is 0 Å². The zero-order valence-corrected chi connectivity index (χ0v) is 12.2. The summed E-state index contributed by atoms with van der Waals surface area (Å²) in [7, 11) is 1.48. The Kier molecular flexibility index (Phi) is 7.87. The number of aliphatic hydroxyl groups excluding tert-OH is 1. The summed E-state index contributed by atoms with van der Waals surface area (Å²) in [4.78, 5) is 10.6. The number of hydrogen-bond donors (Lipinski definition) is 2. The van der Waals surface area contributed by atoms with Gasteiger partial charge in [0, 0.05) is 18.2 Å². The van der Waals surface area contributed by atoms with Gasteiger partial charge in [-0.15, -0.1) is 12.4 Å². The molecule has 0 aliphatic carbocycles. The van der Waals surface area contributed by atoms with Crippen molar-refractivity contribution in [2.24, 2.45) is 5.73 Å². The third kappa shape index (κ3) is 4.28. The Labute approximate surface area is 120 Å². The second-order valence-electron chi connectivity index (χ2n) is 4.40. The first-order chi connectivity index (χ1) is 8.58. The largest absolute Gasteiger partial charge is 0.388 e. The molecule has 0 saturated heterocycles. The number of unbranched alkanes of at least 4 members (excludes halogenated alkanes) is 1. The van der Waals surface area contributed by atoms with Gasteiger partial charge in [0.15, 0.2) is 5.72 Å². The van der Waals surface area contributed by atoms with Crippen molar-refractivity contribution in [3.8, 4) is 0 Å². The van der Waals surface area contributed by atoms with Gasteiger partial charge in [-0.3, -0.25) is 10.5 Å². The Morgan fingerprint density at radius 3 is 2.42 bits per heavy atom. The molecule has 19 heavy (non-hydrogen) atoms. The van der Waals surface area contributed by atoms with E-state index in [1.165, 1.54) is 7.11 Å². The van der Waals surface area contributed by atoms with Gasteiger partial charge in [0.05, 0.1) is 0 Å². The fourth-order valence-corrected chi connectivity index (χ4v) is 1.88. The van der Waals surface area contributed by atoms with E-state index in [1.54, 1.807) is 24.3 Å². The van der Waals surface area contributed by atoms with Crippen LogP contribution in [0, 0.1) is 0 Å². The number of carbonyl (C=O) groups is 1. The van der Waals surface area contributed by atoms with E-state index in [9.17, 15) is 9.90 Å². The first-order valence-corrected chi connectivity index (χ1v) is 6.16. The summed E-state index contributed by atoms with van der Waals surface area (Å²) < 4.78 is 5.30. The van der Waals surface area contributed by atoms with Crippen molar-refractivity contribution in [3.63, 3.8) is 0 Å². The van der Waals surface area contributed by atoms with Gasteiger partial charge >= 0.3 is 0 Å². The van der Waals surface area contributed by atoms with Gasteiger partial charge < -0.3 is 9.84 Å². The smallest absolute Gasteiger partial charge is 0.168 e. The molecule has 0 radical (unpaired) electrons. The van der Waals surface area contributed by atoms with Crippen LogP contribution >= 0.6 is 12.4 Å². The molecular weight excluding hydrogens is 266 g/mol. The van der Waals surface area contributed by atoms with Crippen LogP contribution < -0.4 is 5.73 Å². The standard InChI is InChI=1S/C14H21NO3.ClH/c1-3-4-5-13(17)14(15,18-2)12-8-6-11(10-16)7-9-12;/h6-10,13,17H,3-5,15H2,1-2H3;1H/t13-,14-;/m0./s1. The Morgan fingerprint density at radius 1 is 1.42 bits per heavy atom. The molecule has 5 heteroatoms. The first-order valence-electron chi connectivity index (χ1n) is 6.16. The molecule has 0 aliphatic rings. The molecule has 4 nitrogen and oxygen atoms in total. The summed E-state index contributed by atoms with van der Waals surface area (Å²) in [5, 5.41) is 10.2. The number of methoxy groups -OCH3 is 1. The molecular formula is C14H22ClNO3.